The van der Waals surface area contributed by atoms with Crippen molar-refractivity contribution in [3.63, 3.8) is 0 Å². The van der Waals surface area contributed by atoms with Gasteiger partial charge in [0.1, 0.15) is 0 Å². The second-order valence-electron chi connectivity index (χ2n) is 6.85. The van der Waals surface area contributed by atoms with Crippen LogP contribution in [0.25, 0.3) is 6.08 Å². The maximum atomic E-state index is 6.06. The van der Waals surface area contributed by atoms with Gasteiger partial charge in [0, 0.05) is 5.54 Å². The Morgan fingerprint density at radius 3 is 1.12 bits per heavy atom. The summed E-state index contributed by atoms with van der Waals surface area (Å²) in [5.41, 5.74) is 11.3. The van der Waals surface area contributed by atoms with Crippen molar-refractivity contribution < 1.29 is 0 Å². The van der Waals surface area contributed by atoms with E-state index >= 15 is 0 Å². The molecule has 1 heteroatoms. The molecule has 0 aliphatic carbocycles. The van der Waals surface area contributed by atoms with Gasteiger partial charge in [0.15, 0.2) is 0 Å². The Bertz CT molecular complexity index is 488. The summed E-state index contributed by atoms with van der Waals surface area (Å²) in [6, 6.07) is 0. The molecule has 0 saturated heterocycles. The fraction of sp³-hybridized carbons (Fsp3) is 0.652. The van der Waals surface area contributed by atoms with Gasteiger partial charge in [0.25, 0.3) is 0 Å². The van der Waals surface area contributed by atoms with Crippen molar-refractivity contribution in [1.29, 1.82) is 0 Å². The third-order valence-corrected chi connectivity index (χ3v) is 4.96. The summed E-state index contributed by atoms with van der Waals surface area (Å²) in [5.74, 6) is 0. The summed E-state index contributed by atoms with van der Waals surface area (Å²) >= 11 is 6.06. The number of rotatable bonds is 11. The van der Waals surface area contributed by atoms with Crippen LogP contribution in [0.4, 0.5) is 0 Å². The van der Waals surface area contributed by atoms with E-state index in [4.69, 9.17) is 11.6 Å². The van der Waals surface area contributed by atoms with Gasteiger partial charge in [-0.1, -0.05) is 78.3 Å². The number of hydrogen-bond donors (Lipinski definition) is 0. The predicted octanol–water partition coefficient (Wildman–Crippen LogP) is 7.66. The fourth-order valence-corrected chi connectivity index (χ4v) is 4.17. The van der Waals surface area contributed by atoms with Crippen LogP contribution in [0.15, 0.2) is 5.54 Å². The monoisotopic (exact) mass is 348 g/mol. The Balaban J connectivity index is 3.81. The molecule has 0 heterocycles. The highest BCUT2D eigenvalue weighted by Gasteiger charge is 2.20. The summed E-state index contributed by atoms with van der Waals surface area (Å²) < 4.78 is 0. The lowest BCUT2D eigenvalue weighted by Crippen LogP contribution is -2.12. The molecule has 1 rings (SSSR count). The Kier molecular flexibility index (Phi) is 10.4. The molecule has 1 aromatic rings. The number of hydrogen-bond acceptors (Lipinski definition) is 0. The average Bonchev–Trinajstić information content (AvgIpc) is 2.57. The van der Waals surface area contributed by atoms with Crippen LogP contribution in [-0.4, -0.2) is 0 Å². The lowest BCUT2D eigenvalue weighted by Gasteiger charge is -2.26. The molecule has 0 saturated carbocycles. The van der Waals surface area contributed by atoms with Crippen molar-refractivity contribution in [3.05, 3.63) is 38.9 Å². The van der Waals surface area contributed by atoms with Gasteiger partial charge in [-0.3, -0.25) is 0 Å². The normalized spacial score (nSPS) is 11.6. The van der Waals surface area contributed by atoms with Gasteiger partial charge in [0.2, 0.25) is 0 Å². The van der Waals surface area contributed by atoms with Crippen LogP contribution in [0.2, 0.25) is 0 Å². The Hall–Kier alpha value is -0.750. The van der Waals surface area contributed by atoms with E-state index in [1.165, 1.54) is 69.8 Å². The zero-order chi connectivity index (χ0) is 17.9. The average molecular weight is 349 g/mol. The molecule has 0 fully saturated rings. The second-order valence-corrected chi connectivity index (χ2v) is 7.10. The topological polar surface area (TPSA) is 0 Å². The second kappa shape index (κ2) is 11.7. The minimum absolute atomic E-state index is 1.17. The van der Waals surface area contributed by atoms with Gasteiger partial charge in [-0.2, -0.15) is 0 Å². The Morgan fingerprint density at radius 1 is 0.542 bits per heavy atom. The highest BCUT2D eigenvalue weighted by molar-refractivity contribution is 6.27. The van der Waals surface area contributed by atoms with Crippen LogP contribution >= 0.6 is 11.6 Å². The summed E-state index contributed by atoms with van der Waals surface area (Å²) in [4.78, 5) is 0. The standard InChI is InChI=1S/C23H37Cl/c1-6-11-18-19(12-7-2)21(14-9-4)23(16-17-24)22(15-10-5)20(18)13-8-3/h16-17H,6-15H2,1-5H3. The maximum absolute atomic E-state index is 6.06. The molecule has 0 amide bonds. The molecule has 0 spiro atoms. The molecule has 1 aromatic carbocycles. The van der Waals surface area contributed by atoms with E-state index in [9.17, 15) is 0 Å². The lowest BCUT2D eigenvalue weighted by atomic mass is 9.79. The zero-order valence-corrected chi connectivity index (χ0v) is 17.4. The first-order valence-corrected chi connectivity index (χ1v) is 10.6. The van der Waals surface area contributed by atoms with Crippen molar-refractivity contribution in [1.82, 2.24) is 0 Å². The molecule has 0 nitrogen and oxygen atoms in total. The molecule has 0 aromatic heterocycles. The van der Waals surface area contributed by atoms with Gasteiger partial charge in [0.05, 0.1) is 0 Å². The highest BCUT2D eigenvalue weighted by atomic mass is 35.5. The molecule has 0 atom stereocenters. The van der Waals surface area contributed by atoms with Crippen LogP contribution < -0.4 is 0 Å². The molecule has 0 aliphatic heterocycles. The van der Waals surface area contributed by atoms with Gasteiger partial charge >= 0.3 is 0 Å². The fourth-order valence-electron chi connectivity index (χ4n) is 4.04. The summed E-state index contributed by atoms with van der Waals surface area (Å²) in [5, 5.41) is 0. The van der Waals surface area contributed by atoms with Crippen LogP contribution in [0.1, 0.15) is 100 Å². The third kappa shape index (κ3) is 5.12. The minimum Gasteiger partial charge on any atom is -0.0929 e. The summed E-state index contributed by atoms with van der Waals surface area (Å²) in [6.07, 6.45) is 14.2. The molecule has 0 aliphatic rings. The minimum atomic E-state index is 1.17. The van der Waals surface area contributed by atoms with Crippen LogP contribution in [-0.2, 0) is 32.1 Å². The van der Waals surface area contributed by atoms with E-state index in [0.29, 0.717) is 0 Å². The van der Waals surface area contributed by atoms with E-state index in [1.807, 2.05) is 0 Å². The quantitative estimate of drug-likeness (QED) is 0.385. The van der Waals surface area contributed by atoms with Crippen LogP contribution in [0, 0.1) is 0 Å². The van der Waals surface area contributed by atoms with Gasteiger partial charge in [-0.25, -0.2) is 0 Å². The largest absolute Gasteiger partial charge is 0.0929 e. The SMILES string of the molecule is CCCc1c(C=CCl)c(CCC)c(CCC)c(CCC)c1CCC. The van der Waals surface area contributed by atoms with Gasteiger partial charge < -0.3 is 0 Å². The van der Waals surface area contributed by atoms with Crippen LogP contribution in [0.5, 0.6) is 0 Å². The number of halogens is 1. The van der Waals surface area contributed by atoms with E-state index in [1.54, 1.807) is 33.4 Å². The highest BCUT2D eigenvalue weighted by Crippen LogP contribution is 2.34. The Labute approximate surface area is 155 Å². The van der Waals surface area contributed by atoms with Crippen molar-refractivity contribution in [2.75, 3.05) is 0 Å². The molecule has 136 valence electrons. The lowest BCUT2D eigenvalue weighted by molar-refractivity contribution is 0.778. The van der Waals surface area contributed by atoms with Gasteiger partial charge in [-0.05, 0) is 71.6 Å². The molecule has 0 radical (unpaired) electrons. The van der Waals surface area contributed by atoms with Crippen molar-refractivity contribution in [2.45, 2.75) is 98.8 Å². The third-order valence-electron chi connectivity index (χ3n) is 4.84. The first kappa shape index (κ1) is 21.3. The Morgan fingerprint density at radius 2 is 0.833 bits per heavy atom. The van der Waals surface area contributed by atoms with E-state index in [0.717, 1.165) is 0 Å². The van der Waals surface area contributed by atoms with E-state index in [-0.39, 0.29) is 0 Å². The van der Waals surface area contributed by atoms with Crippen molar-refractivity contribution in [3.8, 4) is 0 Å². The smallest absolute Gasteiger partial charge is 0.00486 e. The van der Waals surface area contributed by atoms with Crippen LogP contribution in [0.3, 0.4) is 0 Å². The zero-order valence-electron chi connectivity index (χ0n) is 16.6. The van der Waals surface area contributed by atoms with Crippen molar-refractivity contribution in [2.24, 2.45) is 0 Å². The maximum Gasteiger partial charge on any atom is 0.00486 e. The molecular weight excluding hydrogens is 312 g/mol. The van der Waals surface area contributed by atoms with E-state index in [2.05, 4.69) is 40.7 Å². The predicted molar refractivity (Wildman–Crippen MR) is 111 cm³/mol. The molecule has 0 unspecified atom stereocenters. The van der Waals surface area contributed by atoms with E-state index < -0.39 is 0 Å². The summed E-state index contributed by atoms with van der Waals surface area (Å²) in [6.45, 7) is 11.5. The first-order valence-electron chi connectivity index (χ1n) is 10.1. The first-order chi connectivity index (χ1) is 11.7. The van der Waals surface area contributed by atoms with Crippen molar-refractivity contribution >= 4 is 17.7 Å². The summed E-state index contributed by atoms with van der Waals surface area (Å²) in [7, 11) is 0. The van der Waals surface area contributed by atoms with Gasteiger partial charge in [-0.15, -0.1) is 0 Å². The number of benzene rings is 1. The molecule has 0 bridgehead atoms. The molecular formula is C23H37Cl. The molecule has 0 N–H and O–H groups in total. The molecule has 24 heavy (non-hydrogen) atoms.